The van der Waals surface area contributed by atoms with Crippen molar-refractivity contribution in [3.8, 4) is 0 Å². The summed E-state index contributed by atoms with van der Waals surface area (Å²) in [6.07, 6.45) is -0.341. The molecule has 2 rings (SSSR count). The van der Waals surface area contributed by atoms with Crippen LogP contribution in [0.15, 0.2) is 0 Å². The first kappa shape index (κ1) is 15.7. The third-order valence-electron chi connectivity index (χ3n) is 4.27. The number of rotatable bonds is 4. The van der Waals surface area contributed by atoms with E-state index in [2.05, 4.69) is 41.3 Å². The summed E-state index contributed by atoms with van der Waals surface area (Å²) < 4.78 is 5.47. The van der Waals surface area contributed by atoms with Crippen LogP contribution in [0.25, 0.3) is 0 Å². The van der Waals surface area contributed by atoms with Crippen LogP contribution in [0.3, 0.4) is 0 Å². The molecule has 0 bridgehead atoms. The van der Waals surface area contributed by atoms with E-state index < -0.39 is 0 Å². The molecule has 0 aromatic carbocycles. The highest BCUT2D eigenvalue weighted by atomic mass is 16.5. The summed E-state index contributed by atoms with van der Waals surface area (Å²) in [5.74, 6) is -0.000553. The Morgan fingerprint density at radius 2 is 2.05 bits per heavy atom. The fourth-order valence-electron chi connectivity index (χ4n) is 2.67. The molecular weight excluding hydrogens is 256 g/mol. The zero-order chi connectivity index (χ0) is 14.6. The van der Waals surface area contributed by atoms with Crippen LogP contribution in [0.1, 0.15) is 13.8 Å². The van der Waals surface area contributed by atoms with Crippen molar-refractivity contribution in [2.75, 3.05) is 59.5 Å². The molecule has 0 saturated carbocycles. The highest BCUT2D eigenvalue weighted by Crippen LogP contribution is 2.15. The average Bonchev–Trinajstić information content (AvgIpc) is 2.46. The van der Waals surface area contributed by atoms with Crippen molar-refractivity contribution in [3.63, 3.8) is 0 Å². The van der Waals surface area contributed by atoms with Crippen molar-refractivity contribution >= 4 is 5.91 Å². The fraction of sp³-hybridized carbons (Fsp3) is 0.929. The summed E-state index contributed by atoms with van der Waals surface area (Å²) in [7, 11) is 2.15. The van der Waals surface area contributed by atoms with Gasteiger partial charge in [-0.3, -0.25) is 9.69 Å². The second-order valence-electron chi connectivity index (χ2n) is 6.38. The Morgan fingerprint density at radius 1 is 1.35 bits per heavy atom. The van der Waals surface area contributed by atoms with E-state index in [-0.39, 0.29) is 17.6 Å². The number of likely N-dealkylation sites (N-methyl/N-ethyl adjacent to an activating group) is 1. The van der Waals surface area contributed by atoms with Gasteiger partial charge < -0.3 is 20.3 Å². The molecule has 6 nitrogen and oxygen atoms in total. The largest absolute Gasteiger partial charge is 0.366 e. The number of hydrogen-bond donors (Lipinski definition) is 2. The van der Waals surface area contributed by atoms with Gasteiger partial charge in [-0.05, 0) is 20.9 Å². The molecule has 0 aromatic rings. The smallest absolute Gasteiger partial charge is 0.250 e. The number of piperazine rings is 1. The Kier molecular flexibility index (Phi) is 5.37. The van der Waals surface area contributed by atoms with E-state index in [4.69, 9.17) is 4.74 Å². The molecule has 0 spiro atoms. The Morgan fingerprint density at radius 3 is 2.65 bits per heavy atom. The molecule has 2 aliphatic heterocycles. The van der Waals surface area contributed by atoms with E-state index in [0.29, 0.717) is 19.7 Å². The van der Waals surface area contributed by atoms with Crippen molar-refractivity contribution in [2.45, 2.75) is 25.5 Å². The van der Waals surface area contributed by atoms with E-state index in [1.807, 2.05) is 0 Å². The molecule has 0 aromatic heterocycles. The number of carbonyl (C=O) groups excluding carboxylic acids is 1. The predicted molar refractivity (Wildman–Crippen MR) is 78.8 cm³/mol. The molecule has 116 valence electrons. The first-order valence-electron chi connectivity index (χ1n) is 7.53. The van der Waals surface area contributed by atoms with Gasteiger partial charge in [-0.1, -0.05) is 0 Å². The second kappa shape index (κ2) is 6.85. The number of amides is 1. The lowest BCUT2D eigenvalue weighted by molar-refractivity contribution is -0.134. The Labute approximate surface area is 121 Å². The topological polar surface area (TPSA) is 56.8 Å². The summed E-state index contributed by atoms with van der Waals surface area (Å²) in [5, 5.41) is 6.22. The third-order valence-corrected chi connectivity index (χ3v) is 4.27. The van der Waals surface area contributed by atoms with Gasteiger partial charge in [0.1, 0.15) is 6.10 Å². The zero-order valence-corrected chi connectivity index (χ0v) is 12.9. The van der Waals surface area contributed by atoms with Gasteiger partial charge in [0, 0.05) is 51.4 Å². The molecular formula is C14H28N4O2. The van der Waals surface area contributed by atoms with E-state index in [0.717, 1.165) is 32.7 Å². The second-order valence-corrected chi connectivity index (χ2v) is 6.38. The molecule has 2 fully saturated rings. The van der Waals surface area contributed by atoms with Crippen LogP contribution < -0.4 is 10.6 Å². The minimum Gasteiger partial charge on any atom is -0.366 e. The molecule has 2 heterocycles. The molecule has 20 heavy (non-hydrogen) atoms. The Bertz CT molecular complexity index is 321. The quantitative estimate of drug-likeness (QED) is 0.702. The van der Waals surface area contributed by atoms with Gasteiger partial charge in [0.2, 0.25) is 0 Å². The summed E-state index contributed by atoms with van der Waals surface area (Å²) in [6, 6.07) is 0. The van der Waals surface area contributed by atoms with Crippen molar-refractivity contribution in [1.29, 1.82) is 0 Å². The van der Waals surface area contributed by atoms with Crippen LogP contribution in [0.4, 0.5) is 0 Å². The van der Waals surface area contributed by atoms with Crippen LogP contribution in [0.2, 0.25) is 0 Å². The molecule has 0 aliphatic carbocycles. The molecule has 2 N–H and O–H groups in total. The molecule has 6 heteroatoms. The predicted octanol–water partition coefficient (Wildman–Crippen LogP) is -0.883. The first-order valence-corrected chi connectivity index (χ1v) is 7.53. The summed E-state index contributed by atoms with van der Waals surface area (Å²) in [6.45, 7) is 11.4. The van der Waals surface area contributed by atoms with Gasteiger partial charge in [-0.15, -0.1) is 0 Å². The summed E-state index contributed by atoms with van der Waals surface area (Å²) in [5.41, 5.74) is -0.0149. The maximum absolute atomic E-state index is 12.1. The Hall–Kier alpha value is -0.690. The van der Waals surface area contributed by atoms with Crippen molar-refractivity contribution < 1.29 is 9.53 Å². The number of ether oxygens (including phenoxy) is 1. The summed E-state index contributed by atoms with van der Waals surface area (Å²) in [4.78, 5) is 16.9. The Balaban J connectivity index is 1.77. The molecule has 2 aliphatic rings. The van der Waals surface area contributed by atoms with Gasteiger partial charge in [-0.25, -0.2) is 0 Å². The normalized spacial score (nSPS) is 26.4. The molecule has 0 radical (unpaired) electrons. The zero-order valence-electron chi connectivity index (χ0n) is 12.9. The lowest BCUT2D eigenvalue weighted by Crippen LogP contribution is -2.59. The lowest BCUT2D eigenvalue weighted by atomic mass is 10.0. The van der Waals surface area contributed by atoms with Crippen LogP contribution in [0.5, 0.6) is 0 Å². The van der Waals surface area contributed by atoms with E-state index in [1.54, 1.807) is 0 Å². The van der Waals surface area contributed by atoms with Crippen molar-refractivity contribution in [1.82, 2.24) is 20.4 Å². The standard InChI is InChI=1S/C14H28N4O2/c1-14(2,18-7-5-17(3)6-8-18)11-16-13(19)12-10-15-4-9-20-12/h12,15H,4-11H2,1-3H3,(H,16,19). The van der Waals surface area contributed by atoms with E-state index in [1.165, 1.54) is 0 Å². The maximum Gasteiger partial charge on any atom is 0.250 e. The number of hydrogen-bond acceptors (Lipinski definition) is 5. The molecule has 1 unspecified atom stereocenters. The minimum atomic E-state index is -0.341. The monoisotopic (exact) mass is 284 g/mol. The SMILES string of the molecule is CN1CCN(C(C)(C)CNC(=O)C2CNCCO2)CC1. The van der Waals surface area contributed by atoms with E-state index in [9.17, 15) is 4.79 Å². The number of carbonyl (C=O) groups is 1. The van der Waals surface area contributed by atoms with Crippen LogP contribution >= 0.6 is 0 Å². The van der Waals surface area contributed by atoms with E-state index >= 15 is 0 Å². The van der Waals surface area contributed by atoms with Gasteiger partial charge >= 0.3 is 0 Å². The van der Waals surface area contributed by atoms with Gasteiger partial charge in [0.15, 0.2) is 0 Å². The van der Waals surface area contributed by atoms with Crippen molar-refractivity contribution in [2.24, 2.45) is 0 Å². The number of nitrogens with zero attached hydrogens (tertiary/aromatic N) is 2. The lowest BCUT2D eigenvalue weighted by Gasteiger charge is -2.43. The fourth-order valence-corrected chi connectivity index (χ4v) is 2.67. The van der Waals surface area contributed by atoms with Crippen LogP contribution in [-0.2, 0) is 9.53 Å². The first-order chi connectivity index (χ1) is 9.49. The molecule has 1 atom stereocenters. The van der Waals surface area contributed by atoms with Crippen molar-refractivity contribution in [3.05, 3.63) is 0 Å². The highest BCUT2D eigenvalue weighted by Gasteiger charge is 2.30. The third kappa shape index (κ3) is 4.15. The maximum atomic E-state index is 12.1. The van der Waals surface area contributed by atoms with Gasteiger partial charge in [-0.2, -0.15) is 0 Å². The highest BCUT2D eigenvalue weighted by molar-refractivity contribution is 5.81. The molecule has 1 amide bonds. The number of morpholine rings is 1. The number of nitrogens with one attached hydrogen (secondary N) is 2. The van der Waals surface area contributed by atoms with Crippen LogP contribution in [0, 0.1) is 0 Å². The average molecular weight is 284 g/mol. The van der Waals surface area contributed by atoms with Crippen LogP contribution in [-0.4, -0.2) is 86.8 Å². The minimum absolute atomic E-state index is 0.000553. The van der Waals surface area contributed by atoms with Gasteiger partial charge in [0.25, 0.3) is 5.91 Å². The van der Waals surface area contributed by atoms with Gasteiger partial charge in [0.05, 0.1) is 6.61 Å². The summed E-state index contributed by atoms with van der Waals surface area (Å²) >= 11 is 0. The molecule has 2 saturated heterocycles.